The van der Waals surface area contributed by atoms with Crippen molar-refractivity contribution >= 4 is 17.3 Å². The lowest BCUT2D eigenvalue weighted by atomic mass is 9.88. The molecular weight excluding hydrogens is 343 g/mol. The summed E-state index contributed by atoms with van der Waals surface area (Å²) in [6.45, 7) is 1.34. The van der Waals surface area contributed by atoms with Gasteiger partial charge < -0.3 is 15.3 Å². The van der Waals surface area contributed by atoms with Crippen LogP contribution in [0.2, 0.25) is 0 Å². The lowest BCUT2D eigenvalue weighted by Crippen LogP contribution is -2.38. The molecule has 5 heteroatoms. The Hall–Kier alpha value is -2.40. The number of anilines is 2. The summed E-state index contributed by atoms with van der Waals surface area (Å²) in [5, 5.41) is 13.1. The van der Waals surface area contributed by atoms with E-state index in [1.165, 1.54) is 11.6 Å². The summed E-state index contributed by atoms with van der Waals surface area (Å²) in [7, 11) is 0. The van der Waals surface area contributed by atoms with Gasteiger partial charge in [0.15, 0.2) is 0 Å². The predicted octanol–water partition coefficient (Wildman–Crippen LogP) is 3.53. The van der Waals surface area contributed by atoms with E-state index < -0.39 is 0 Å². The van der Waals surface area contributed by atoms with Crippen molar-refractivity contribution in [3.05, 3.63) is 59.4 Å². The second-order valence-electron chi connectivity index (χ2n) is 7.54. The Kier molecular flexibility index (Phi) is 5.12. The fourth-order valence-corrected chi connectivity index (χ4v) is 4.21. The van der Waals surface area contributed by atoms with Gasteiger partial charge >= 0.3 is 0 Å². The standard InChI is InChI=1S/C22H25FN2O2/c23-19-5-1-2-7-21(19)25-12-10-16(11-13-25)22(27)24-20-6-3-4-15-8-9-17(26)14-18(15)20/h1-7,16-17,26H,8-14H2,(H,24,27)/t17-/m1/s1. The molecule has 4 rings (SSSR count). The number of rotatable bonds is 3. The molecular formula is C22H25FN2O2. The number of piperidine rings is 1. The van der Waals surface area contributed by atoms with Crippen LogP contribution in [0.4, 0.5) is 15.8 Å². The lowest BCUT2D eigenvalue weighted by Gasteiger charge is -2.33. The monoisotopic (exact) mass is 368 g/mol. The van der Waals surface area contributed by atoms with Crippen LogP contribution in [0.1, 0.15) is 30.4 Å². The summed E-state index contributed by atoms with van der Waals surface area (Å²) in [4.78, 5) is 14.8. The average molecular weight is 368 g/mol. The summed E-state index contributed by atoms with van der Waals surface area (Å²) >= 11 is 0. The van der Waals surface area contributed by atoms with E-state index in [9.17, 15) is 14.3 Å². The van der Waals surface area contributed by atoms with E-state index in [1.807, 2.05) is 23.1 Å². The van der Waals surface area contributed by atoms with Crippen molar-refractivity contribution in [3.63, 3.8) is 0 Å². The molecule has 1 heterocycles. The van der Waals surface area contributed by atoms with E-state index in [0.29, 0.717) is 38.0 Å². The highest BCUT2D eigenvalue weighted by Gasteiger charge is 2.27. The molecule has 2 aromatic rings. The van der Waals surface area contributed by atoms with Gasteiger partial charge in [-0.15, -0.1) is 0 Å². The summed E-state index contributed by atoms with van der Waals surface area (Å²) in [5.41, 5.74) is 3.72. The van der Waals surface area contributed by atoms with Crippen LogP contribution in [0.5, 0.6) is 0 Å². The molecule has 2 N–H and O–H groups in total. The molecule has 0 unspecified atom stereocenters. The number of aliphatic hydroxyl groups excluding tert-OH is 1. The van der Waals surface area contributed by atoms with Crippen molar-refractivity contribution in [1.29, 1.82) is 0 Å². The smallest absolute Gasteiger partial charge is 0.227 e. The zero-order chi connectivity index (χ0) is 18.8. The Labute approximate surface area is 159 Å². The molecule has 4 nitrogen and oxygen atoms in total. The van der Waals surface area contributed by atoms with E-state index in [4.69, 9.17) is 0 Å². The number of amides is 1. The minimum atomic E-state index is -0.334. The third kappa shape index (κ3) is 3.83. The first kappa shape index (κ1) is 18.0. The van der Waals surface area contributed by atoms with Crippen LogP contribution >= 0.6 is 0 Å². The fraction of sp³-hybridized carbons (Fsp3) is 0.409. The van der Waals surface area contributed by atoms with Crippen molar-refractivity contribution < 1.29 is 14.3 Å². The number of nitrogens with zero attached hydrogens (tertiary/aromatic N) is 1. The van der Waals surface area contributed by atoms with Crippen LogP contribution in [0.15, 0.2) is 42.5 Å². The zero-order valence-corrected chi connectivity index (χ0v) is 15.3. The van der Waals surface area contributed by atoms with Gasteiger partial charge in [0.2, 0.25) is 5.91 Å². The zero-order valence-electron chi connectivity index (χ0n) is 15.3. The van der Waals surface area contributed by atoms with Crippen molar-refractivity contribution in [1.82, 2.24) is 0 Å². The minimum absolute atomic E-state index is 0.0247. The van der Waals surface area contributed by atoms with Gasteiger partial charge in [-0.1, -0.05) is 24.3 Å². The number of halogens is 1. The highest BCUT2D eigenvalue weighted by Crippen LogP contribution is 2.30. The van der Waals surface area contributed by atoms with Gasteiger partial charge in [-0.2, -0.15) is 0 Å². The van der Waals surface area contributed by atoms with E-state index in [1.54, 1.807) is 12.1 Å². The van der Waals surface area contributed by atoms with Gasteiger partial charge in [0, 0.05) is 31.1 Å². The number of aliphatic hydroxyl groups is 1. The van der Waals surface area contributed by atoms with Gasteiger partial charge in [0.05, 0.1) is 11.8 Å². The minimum Gasteiger partial charge on any atom is -0.393 e. The van der Waals surface area contributed by atoms with Crippen LogP contribution in [-0.2, 0) is 17.6 Å². The maximum atomic E-state index is 14.0. The van der Waals surface area contributed by atoms with E-state index in [0.717, 1.165) is 24.1 Å². The van der Waals surface area contributed by atoms with Crippen LogP contribution in [-0.4, -0.2) is 30.2 Å². The van der Waals surface area contributed by atoms with Crippen molar-refractivity contribution in [2.45, 2.75) is 38.2 Å². The Morgan fingerprint density at radius 1 is 1.07 bits per heavy atom. The molecule has 1 fully saturated rings. The van der Waals surface area contributed by atoms with E-state index in [-0.39, 0.29) is 23.7 Å². The number of para-hydroxylation sites is 1. The summed E-state index contributed by atoms with van der Waals surface area (Å²) in [6.07, 6.45) is 3.30. The van der Waals surface area contributed by atoms with Gasteiger partial charge in [-0.25, -0.2) is 4.39 Å². The SMILES string of the molecule is O=C(Nc1cccc2c1C[C@H](O)CC2)C1CCN(c2ccccc2F)CC1. The molecule has 0 bridgehead atoms. The summed E-state index contributed by atoms with van der Waals surface area (Å²) in [6, 6.07) is 12.7. The second-order valence-corrected chi connectivity index (χ2v) is 7.54. The van der Waals surface area contributed by atoms with Crippen molar-refractivity contribution in [2.75, 3.05) is 23.3 Å². The molecule has 2 aromatic carbocycles. The van der Waals surface area contributed by atoms with Crippen LogP contribution in [0.3, 0.4) is 0 Å². The number of hydrogen-bond acceptors (Lipinski definition) is 3. The number of benzene rings is 2. The molecule has 1 aliphatic carbocycles. The molecule has 27 heavy (non-hydrogen) atoms. The average Bonchev–Trinajstić information content (AvgIpc) is 2.69. The summed E-state index contributed by atoms with van der Waals surface area (Å²) < 4.78 is 14.0. The molecule has 1 saturated heterocycles. The highest BCUT2D eigenvalue weighted by molar-refractivity contribution is 5.93. The first-order valence-electron chi connectivity index (χ1n) is 9.71. The molecule has 0 saturated carbocycles. The highest BCUT2D eigenvalue weighted by atomic mass is 19.1. The molecule has 1 aliphatic heterocycles. The van der Waals surface area contributed by atoms with Gasteiger partial charge in [0.25, 0.3) is 0 Å². The first-order valence-corrected chi connectivity index (χ1v) is 9.71. The molecule has 142 valence electrons. The molecule has 0 aromatic heterocycles. The Balaban J connectivity index is 1.40. The normalized spacial score (nSPS) is 20.2. The second kappa shape index (κ2) is 7.69. The van der Waals surface area contributed by atoms with Crippen LogP contribution in [0, 0.1) is 11.7 Å². The molecule has 1 amide bonds. The largest absolute Gasteiger partial charge is 0.393 e. The maximum absolute atomic E-state index is 14.0. The number of nitrogens with one attached hydrogen (secondary N) is 1. The Morgan fingerprint density at radius 2 is 1.85 bits per heavy atom. The van der Waals surface area contributed by atoms with Gasteiger partial charge in [-0.3, -0.25) is 4.79 Å². The number of hydrogen-bond donors (Lipinski definition) is 2. The summed E-state index contributed by atoms with van der Waals surface area (Å²) in [5.74, 6) is -0.260. The number of carbonyl (C=O) groups excluding carboxylic acids is 1. The Morgan fingerprint density at radius 3 is 2.63 bits per heavy atom. The molecule has 2 aliphatic rings. The van der Waals surface area contributed by atoms with Crippen molar-refractivity contribution in [3.8, 4) is 0 Å². The maximum Gasteiger partial charge on any atom is 0.227 e. The van der Waals surface area contributed by atoms with Crippen LogP contribution < -0.4 is 10.2 Å². The molecule has 0 spiro atoms. The van der Waals surface area contributed by atoms with Crippen molar-refractivity contribution in [2.24, 2.45) is 5.92 Å². The number of carbonyl (C=O) groups is 1. The van der Waals surface area contributed by atoms with E-state index in [2.05, 4.69) is 11.4 Å². The topological polar surface area (TPSA) is 52.6 Å². The number of aryl methyl sites for hydroxylation is 1. The lowest BCUT2D eigenvalue weighted by molar-refractivity contribution is -0.120. The predicted molar refractivity (Wildman–Crippen MR) is 104 cm³/mol. The first-order chi connectivity index (χ1) is 13.1. The van der Waals surface area contributed by atoms with Crippen LogP contribution in [0.25, 0.3) is 0 Å². The fourth-order valence-electron chi connectivity index (χ4n) is 4.21. The quantitative estimate of drug-likeness (QED) is 0.871. The van der Waals surface area contributed by atoms with E-state index >= 15 is 0 Å². The molecule has 0 radical (unpaired) electrons. The third-order valence-corrected chi connectivity index (χ3v) is 5.78. The Bertz CT molecular complexity index is 831. The van der Waals surface area contributed by atoms with Gasteiger partial charge in [0.1, 0.15) is 5.82 Å². The third-order valence-electron chi connectivity index (χ3n) is 5.78. The number of fused-ring (bicyclic) bond motifs is 1. The van der Waals surface area contributed by atoms with Gasteiger partial charge in [-0.05, 0) is 55.0 Å². The molecule has 1 atom stereocenters.